The van der Waals surface area contributed by atoms with Crippen LogP contribution in [-0.2, 0) is 14.4 Å². The fourth-order valence-electron chi connectivity index (χ4n) is 7.46. The van der Waals surface area contributed by atoms with Gasteiger partial charge in [0.25, 0.3) is 5.91 Å². The van der Waals surface area contributed by atoms with E-state index in [2.05, 4.69) is 13.2 Å². The number of hydrogen-bond donors (Lipinski definition) is 1. The summed E-state index contributed by atoms with van der Waals surface area (Å²) in [5, 5.41) is 10.5. The molecule has 7 nitrogen and oxygen atoms in total. The van der Waals surface area contributed by atoms with Crippen LogP contribution >= 0.6 is 11.8 Å². The van der Waals surface area contributed by atoms with Crippen molar-refractivity contribution in [1.29, 1.82) is 0 Å². The molecule has 0 aliphatic carbocycles. The van der Waals surface area contributed by atoms with Crippen molar-refractivity contribution in [2.75, 3.05) is 29.5 Å². The number of para-hydroxylation sites is 1. The van der Waals surface area contributed by atoms with Gasteiger partial charge in [-0.2, -0.15) is 0 Å². The molecule has 3 aliphatic rings. The van der Waals surface area contributed by atoms with E-state index in [0.717, 1.165) is 28.9 Å². The predicted molar refractivity (Wildman–Crippen MR) is 174 cm³/mol. The summed E-state index contributed by atoms with van der Waals surface area (Å²) in [5.41, 5.74) is 3.52. The van der Waals surface area contributed by atoms with Crippen molar-refractivity contribution >= 4 is 40.9 Å². The average Bonchev–Trinajstić information content (AvgIpc) is 3.64. The fourth-order valence-corrected chi connectivity index (χ4v) is 9.66. The summed E-state index contributed by atoms with van der Waals surface area (Å²) in [6.45, 7) is 16.0. The molecule has 1 N–H and O–H groups in total. The maximum Gasteiger partial charge on any atom is 0.251 e. The van der Waals surface area contributed by atoms with E-state index in [4.69, 9.17) is 0 Å². The summed E-state index contributed by atoms with van der Waals surface area (Å²) in [5.74, 6) is -1.83. The van der Waals surface area contributed by atoms with Crippen molar-refractivity contribution in [3.05, 3.63) is 85.0 Å². The minimum Gasteiger partial charge on any atom is -0.394 e. The van der Waals surface area contributed by atoms with Crippen LogP contribution in [-0.4, -0.2) is 69.5 Å². The Hall–Kier alpha value is -3.36. The third-order valence-electron chi connectivity index (χ3n) is 9.45. The second-order valence-corrected chi connectivity index (χ2v) is 14.0. The average molecular weight is 602 g/mol. The molecule has 8 heteroatoms. The maximum atomic E-state index is 14.9. The number of aliphatic hydroxyl groups excluding tert-OH is 1. The van der Waals surface area contributed by atoms with Gasteiger partial charge in [0.1, 0.15) is 6.04 Å². The molecule has 3 heterocycles. The van der Waals surface area contributed by atoms with Crippen LogP contribution in [0.1, 0.15) is 37.8 Å². The number of rotatable bonds is 11. The molecular weight excluding hydrogens is 558 g/mol. The highest BCUT2D eigenvalue weighted by molar-refractivity contribution is 8.02. The molecule has 2 unspecified atom stereocenters. The highest BCUT2D eigenvalue weighted by Gasteiger charge is 2.74. The van der Waals surface area contributed by atoms with Crippen LogP contribution in [0, 0.1) is 31.6 Å². The lowest BCUT2D eigenvalue weighted by atomic mass is 9.70. The third-order valence-corrected chi connectivity index (χ3v) is 11.4. The zero-order valence-electron chi connectivity index (χ0n) is 25.6. The van der Waals surface area contributed by atoms with E-state index in [9.17, 15) is 19.5 Å². The molecule has 0 aromatic heterocycles. The Morgan fingerprint density at radius 1 is 1.07 bits per heavy atom. The van der Waals surface area contributed by atoms with Crippen LogP contribution in [0.4, 0.5) is 11.4 Å². The Bertz CT molecular complexity index is 1410. The number of anilines is 2. The number of hydrogen-bond acceptors (Lipinski definition) is 5. The number of amides is 3. The second-order valence-electron chi connectivity index (χ2n) is 12.4. The predicted octanol–water partition coefficient (Wildman–Crippen LogP) is 5.15. The number of fused-ring (bicyclic) bond motifs is 1. The molecule has 6 atom stereocenters. The minimum absolute atomic E-state index is 0.0740. The van der Waals surface area contributed by atoms with Gasteiger partial charge in [-0.15, -0.1) is 24.9 Å². The largest absolute Gasteiger partial charge is 0.394 e. The summed E-state index contributed by atoms with van der Waals surface area (Å²) in [6.07, 6.45) is 4.82. The monoisotopic (exact) mass is 601 g/mol. The smallest absolute Gasteiger partial charge is 0.251 e. The van der Waals surface area contributed by atoms with E-state index in [1.165, 1.54) is 0 Å². The van der Waals surface area contributed by atoms with Gasteiger partial charge in [-0.3, -0.25) is 14.4 Å². The van der Waals surface area contributed by atoms with E-state index in [-0.39, 0.29) is 42.0 Å². The molecule has 3 amide bonds. The van der Waals surface area contributed by atoms with Gasteiger partial charge in [-0.05, 0) is 61.9 Å². The molecule has 5 rings (SSSR count). The maximum absolute atomic E-state index is 14.9. The summed E-state index contributed by atoms with van der Waals surface area (Å²) < 4.78 is -0.769. The van der Waals surface area contributed by atoms with Crippen LogP contribution in [0.15, 0.2) is 73.8 Å². The molecular formula is C35H43N3O4S. The molecule has 2 aromatic rings. The first-order chi connectivity index (χ1) is 20.6. The van der Waals surface area contributed by atoms with Crippen LogP contribution in [0.5, 0.6) is 0 Å². The van der Waals surface area contributed by atoms with Crippen molar-refractivity contribution in [1.82, 2.24) is 4.90 Å². The molecule has 0 radical (unpaired) electrons. The van der Waals surface area contributed by atoms with E-state index in [1.807, 2.05) is 76.2 Å². The molecule has 3 saturated heterocycles. The first kappa shape index (κ1) is 31.1. The van der Waals surface area contributed by atoms with Crippen LogP contribution in [0.25, 0.3) is 0 Å². The standard InChI is InChI=1S/C35H43N3O4S/c1-7-18-36(25-12-10-9-11-13-25)32(40)29-28-16-17-35(43-28)30(29)33(41)38(27(21-39)22(3)4)31(35)34(42)37(19-8-2)26-20-23(5)14-15-24(26)6/h7-15,20,22,27-31,39H,1-2,16-19,21H2,3-6H3/t27-,28+,29-,30-,31?,35?/m0/s1. The minimum atomic E-state index is -0.818. The van der Waals surface area contributed by atoms with Gasteiger partial charge < -0.3 is 19.8 Å². The first-order valence-electron chi connectivity index (χ1n) is 15.2. The summed E-state index contributed by atoms with van der Waals surface area (Å²) in [7, 11) is 0. The summed E-state index contributed by atoms with van der Waals surface area (Å²) in [4.78, 5) is 49.2. The van der Waals surface area contributed by atoms with Gasteiger partial charge in [0.05, 0.1) is 29.2 Å². The van der Waals surface area contributed by atoms with Crippen LogP contribution < -0.4 is 9.80 Å². The van der Waals surface area contributed by atoms with Gasteiger partial charge in [-0.25, -0.2) is 0 Å². The molecule has 0 saturated carbocycles. The van der Waals surface area contributed by atoms with Gasteiger partial charge in [0, 0.05) is 29.7 Å². The lowest BCUT2D eigenvalue weighted by Gasteiger charge is -2.41. The topological polar surface area (TPSA) is 81.2 Å². The Kier molecular flexibility index (Phi) is 8.91. The number of likely N-dealkylation sites (tertiary alicyclic amines) is 1. The summed E-state index contributed by atoms with van der Waals surface area (Å²) in [6, 6.07) is 14.1. The second kappa shape index (κ2) is 12.3. The molecule has 1 spiro atoms. The van der Waals surface area contributed by atoms with Crippen LogP contribution in [0.3, 0.4) is 0 Å². The van der Waals surface area contributed by atoms with Crippen molar-refractivity contribution in [3.8, 4) is 0 Å². The molecule has 2 bridgehead atoms. The molecule has 3 aliphatic heterocycles. The molecule has 228 valence electrons. The number of aryl methyl sites for hydroxylation is 2. The quantitative estimate of drug-likeness (QED) is 0.361. The molecule has 3 fully saturated rings. The number of carbonyl (C=O) groups excluding carboxylic acids is 3. The lowest BCUT2D eigenvalue weighted by molar-refractivity contribution is -0.142. The number of benzene rings is 2. The third kappa shape index (κ3) is 5.12. The van der Waals surface area contributed by atoms with E-state index >= 15 is 0 Å². The molecule has 2 aromatic carbocycles. The number of aliphatic hydroxyl groups is 1. The Balaban J connectivity index is 1.62. The molecule has 43 heavy (non-hydrogen) atoms. The van der Waals surface area contributed by atoms with Gasteiger partial charge in [0.15, 0.2) is 0 Å². The highest BCUT2D eigenvalue weighted by atomic mass is 32.2. The van der Waals surface area contributed by atoms with Crippen LogP contribution in [0.2, 0.25) is 0 Å². The van der Waals surface area contributed by atoms with Gasteiger partial charge in [0.2, 0.25) is 11.8 Å². The number of thioether (sulfide) groups is 1. The zero-order chi connectivity index (χ0) is 31.1. The normalized spacial score (nSPS) is 26.4. The first-order valence-corrected chi connectivity index (χ1v) is 16.1. The van der Waals surface area contributed by atoms with Gasteiger partial charge >= 0.3 is 0 Å². The number of nitrogens with zero attached hydrogens (tertiary/aromatic N) is 3. The van der Waals surface area contributed by atoms with E-state index < -0.39 is 28.7 Å². The van der Waals surface area contributed by atoms with E-state index in [1.54, 1.807) is 38.6 Å². The highest BCUT2D eigenvalue weighted by Crippen LogP contribution is 2.67. The summed E-state index contributed by atoms with van der Waals surface area (Å²) >= 11 is 1.65. The Morgan fingerprint density at radius 3 is 2.37 bits per heavy atom. The van der Waals surface area contributed by atoms with Crippen molar-refractivity contribution < 1.29 is 19.5 Å². The van der Waals surface area contributed by atoms with Crippen molar-refractivity contribution in [2.24, 2.45) is 17.8 Å². The van der Waals surface area contributed by atoms with Gasteiger partial charge in [-0.1, -0.05) is 56.3 Å². The lowest BCUT2D eigenvalue weighted by Crippen LogP contribution is -2.58. The van der Waals surface area contributed by atoms with E-state index in [0.29, 0.717) is 13.0 Å². The van der Waals surface area contributed by atoms with Crippen molar-refractivity contribution in [3.63, 3.8) is 0 Å². The number of carbonyl (C=O) groups is 3. The Morgan fingerprint density at radius 2 is 1.74 bits per heavy atom. The SMILES string of the molecule is C=CCN(C(=O)[C@@H]1[C@H]2C(=O)N([C@@H](CO)C(C)C)C(C(=O)N(CC=C)c3cc(C)ccc3C)C23CC[C@H]1S3)c1ccccc1. The Labute approximate surface area is 259 Å². The van der Waals surface area contributed by atoms with Crippen molar-refractivity contribution in [2.45, 2.75) is 62.6 Å². The zero-order valence-corrected chi connectivity index (χ0v) is 26.4. The fraction of sp³-hybridized carbons (Fsp3) is 0.457.